The van der Waals surface area contributed by atoms with E-state index in [4.69, 9.17) is 5.73 Å². The summed E-state index contributed by atoms with van der Waals surface area (Å²) in [6, 6.07) is 8.00. The third kappa shape index (κ3) is 3.44. The molecule has 1 amide bonds. The van der Waals surface area contributed by atoms with E-state index in [0.717, 1.165) is 29.2 Å². The van der Waals surface area contributed by atoms with Gasteiger partial charge in [0.2, 0.25) is 5.91 Å². The van der Waals surface area contributed by atoms with Crippen molar-refractivity contribution in [2.45, 2.75) is 32.9 Å². The molecule has 1 atom stereocenters. The van der Waals surface area contributed by atoms with Crippen LogP contribution in [-0.4, -0.2) is 28.4 Å². The lowest BCUT2D eigenvalue weighted by Gasteiger charge is -2.29. The Morgan fingerprint density at radius 3 is 2.79 bits per heavy atom. The van der Waals surface area contributed by atoms with Crippen molar-refractivity contribution in [2.24, 2.45) is 5.92 Å². The van der Waals surface area contributed by atoms with Gasteiger partial charge in [0.25, 0.3) is 0 Å². The maximum Gasteiger partial charge on any atom is 0.227 e. The molecule has 0 spiro atoms. The summed E-state index contributed by atoms with van der Waals surface area (Å²) in [6.07, 6.45) is 1.01. The fourth-order valence-corrected chi connectivity index (χ4v) is 3.55. The second-order valence-electron chi connectivity index (χ2n) is 5.32. The zero-order valence-electron chi connectivity index (χ0n) is 11.6. The van der Waals surface area contributed by atoms with E-state index in [9.17, 15) is 4.79 Å². The van der Waals surface area contributed by atoms with Gasteiger partial charge in [0.15, 0.2) is 0 Å². The second kappa shape index (κ2) is 6.33. The zero-order valence-corrected chi connectivity index (χ0v) is 12.5. The monoisotopic (exact) mass is 278 g/mol. The molecule has 0 saturated carbocycles. The van der Waals surface area contributed by atoms with Crippen molar-refractivity contribution >= 4 is 23.4 Å². The molecule has 0 bridgehead atoms. The number of nitrogens with zero attached hydrogens (tertiary/aromatic N) is 1. The molecule has 1 saturated heterocycles. The average molecular weight is 278 g/mol. The summed E-state index contributed by atoms with van der Waals surface area (Å²) in [7, 11) is 0. The topological polar surface area (TPSA) is 46.3 Å². The Balaban J connectivity index is 2.12. The lowest BCUT2D eigenvalue weighted by Crippen LogP contribution is -2.40. The highest BCUT2D eigenvalue weighted by atomic mass is 32.2. The highest BCUT2D eigenvalue weighted by Crippen LogP contribution is 2.27. The molecule has 1 fully saturated rings. The summed E-state index contributed by atoms with van der Waals surface area (Å²) in [5, 5.41) is 0. The number of nitrogens with two attached hydrogens (primary N) is 1. The summed E-state index contributed by atoms with van der Waals surface area (Å²) >= 11 is 1.88. The van der Waals surface area contributed by atoms with E-state index in [2.05, 4.69) is 13.8 Å². The van der Waals surface area contributed by atoms with Gasteiger partial charge in [-0.25, -0.2) is 0 Å². The van der Waals surface area contributed by atoms with Crippen molar-refractivity contribution in [3.05, 3.63) is 29.8 Å². The van der Waals surface area contributed by atoms with Crippen molar-refractivity contribution in [3.8, 4) is 0 Å². The van der Waals surface area contributed by atoms with Crippen molar-refractivity contribution in [1.82, 2.24) is 4.90 Å². The molecule has 2 rings (SSSR count). The summed E-state index contributed by atoms with van der Waals surface area (Å²) in [5.74, 6) is 2.54. The van der Waals surface area contributed by atoms with E-state index in [1.54, 1.807) is 0 Å². The molecule has 1 aromatic rings. The average Bonchev–Trinajstić information content (AvgIpc) is 2.90. The molecule has 2 N–H and O–H groups in total. The van der Waals surface area contributed by atoms with Crippen LogP contribution in [0.25, 0.3) is 0 Å². The lowest BCUT2D eigenvalue weighted by molar-refractivity contribution is -0.137. The predicted octanol–water partition coefficient (Wildman–Crippen LogP) is 2.76. The number of para-hydroxylation sites is 1. The molecule has 4 heteroatoms. The fourth-order valence-electron chi connectivity index (χ4n) is 2.34. The Morgan fingerprint density at radius 1 is 1.47 bits per heavy atom. The van der Waals surface area contributed by atoms with Crippen molar-refractivity contribution in [2.75, 3.05) is 17.2 Å². The minimum absolute atomic E-state index is 0.192. The van der Waals surface area contributed by atoms with Gasteiger partial charge < -0.3 is 10.6 Å². The Morgan fingerprint density at radius 2 is 2.21 bits per heavy atom. The molecular weight excluding hydrogens is 256 g/mol. The molecule has 1 heterocycles. The van der Waals surface area contributed by atoms with Crippen LogP contribution in [0.15, 0.2) is 24.3 Å². The van der Waals surface area contributed by atoms with Crippen LogP contribution in [0.1, 0.15) is 25.8 Å². The number of hydrogen-bond donors (Lipinski definition) is 1. The fraction of sp³-hybridized carbons (Fsp3) is 0.533. The quantitative estimate of drug-likeness (QED) is 0.861. The van der Waals surface area contributed by atoms with Gasteiger partial charge in [-0.1, -0.05) is 18.2 Å². The summed E-state index contributed by atoms with van der Waals surface area (Å²) < 4.78 is 0. The number of hydrogen-bond acceptors (Lipinski definition) is 3. The number of rotatable bonds is 4. The minimum atomic E-state index is 0.192. The molecular formula is C15H22N2OS. The third-order valence-corrected chi connectivity index (χ3v) is 4.74. The third-order valence-electron chi connectivity index (χ3n) is 3.58. The molecule has 0 aliphatic carbocycles. The van der Waals surface area contributed by atoms with Gasteiger partial charge in [-0.2, -0.15) is 11.8 Å². The largest absolute Gasteiger partial charge is 0.398 e. The minimum Gasteiger partial charge on any atom is -0.398 e. The van der Waals surface area contributed by atoms with E-state index in [1.165, 1.54) is 0 Å². The Hall–Kier alpha value is -1.16. The number of amides is 1. The van der Waals surface area contributed by atoms with Gasteiger partial charge in [0.1, 0.15) is 0 Å². The van der Waals surface area contributed by atoms with Crippen LogP contribution in [0.5, 0.6) is 0 Å². The van der Waals surface area contributed by atoms with Crippen molar-refractivity contribution in [1.29, 1.82) is 0 Å². The molecule has 1 unspecified atom stereocenters. The first-order valence-corrected chi connectivity index (χ1v) is 7.96. The molecule has 1 aliphatic rings. The maximum absolute atomic E-state index is 12.6. The van der Waals surface area contributed by atoms with Crippen LogP contribution in [0, 0.1) is 5.92 Å². The number of nitrogen functional groups attached to an aromatic ring is 1. The van der Waals surface area contributed by atoms with Crippen LogP contribution < -0.4 is 5.73 Å². The Kier molecular flexibility index (Phi) is 4.75. The summed E-state index contributed by atoms with van der Waals surface area (Å²) in [4.78, 5) is 14.5. The Labute approximate surface area is 119 Å². The normalized spacial score (nSPS) is 18.8. The van der Waals surface area contributed by atoms with Crippen LogP contribution in [0.3, 0.4) is 0 Å². The second-order valence-corrected chi connectivity index (χ2v) is 6.47. The van der Waals surface area contributed by atoms with Gasteiger partial charge >= 0.3 is 0 Å². The SMILES string of the molecule is CC(C)N(Cc1ccccc1N)C(=O)C1CCSC1. The molecule has 1 aliphatic heterocycles. The molecule has 3 nitrogen and oxygen atoms in total. The van der Waals surface area contributed by atoms with E-state index in [1.807, 2.05) is 40.9 Å². The highest BCUT2D eigenvalue weighted by Gasteiger charge is 2.29. The van der Waals surface area contributed by atoms with Gasteiger partial charge in [0.05, 0.1) is 0 Å². The number of thioether (sulfide) groups is 1. The first kappa shape index (κ1) is 14.3. The maximum atomic E-state index is 12.6. The van der Waals surface area contributed by atoms with Crippen molar-refractivity contribution < 1.29 is 4.79 Å². The standard InChI is InChI=1S/C15H22N2OS/c1-11(2)17(15(18)13-7-8-19-10-13)9-12-5-3-4-6-14(12)16/h3-6,11,13H,7-10,16H2,1-2H3. The van der Waals surface area contributed by atoms with E-state index < -0.39 is 0 Å². The molecule has 1 aromatic carbocycles. The first-order valence-electron chi connectivity index (χ1n) is 6.81. The molecule has 104 valence electrons. The van der Waals surface area contributed by atoms with Crippen molar-refractivity contribution in [3.63, 3.8) is 0 Å². The number of benzene rings is 1. The zero-order chi connectivity index (χ0) is 13.8. The molecule has 0 aromatic heterocycles. The number of anilines is 1. The number of carbonyl (C=O) groups excluding carboxylic acids is 1. The van der Waals surface area contributed by atoms with Crippen LogP contribution in [-0.2, 0) is 11.3 Å². The summed E-state index contributed by atoms with van der Waals surface area (Å²) in [6.45, 7) is 4.75. The van der Waals surface area contributed by atoms with E-state index in [-0.39, 0.29) is 17.9 Å². The van der Waals surface area contributed by atoms with Gasteiger partial charge in [-0.15, -0.1) is 0 Å². The van der Waals surface area contributed by atoms with Gasteiger partial charge in [0, 0.05) is 29.9 Å². The first-order chi connectivity index (χ1) is 9.09. The van der Waals surface area contributed by atoms with Gasteiger partial charge in [-0.3, -0.25) is 4.79 Å². The van der Waals surface area contributed by atoms with E-state index >= 15 is 0 Å². The predicted molar refractivity (Wildman–Crippen MR) is 82.0 cm³/mol. The number of carbonyl (C=O) groups is 1. The van der Waals surface area contributed by atoms with Gasteiger partial charge in [-0.05, 0) is 37.7 Å². The van der Waals surface area contributed by atoms with Crippen LogP contribution in [0.2, 0.25) is 0 Å². The highest BCUT2D eigenvalue weighted by molar-refractivity contribution is 7.99. The molecule has 19 heavy (non-hydrogen) atoms. The Bertz CT molecular complexity index is 442. The van der Waals surface area contributed by atoms with Crippen LogP contribution in [0.4, 0.5) is 5.69 Å². The molecule has 0 radical (unpaired) electrons. The van der Waals surface area contributed by atoms with E-state index in [0.29, 0.717) is 6.54 Å². The van der Waals surface area contributed by atoms with Crippen LogP contribution >= 0.6 is 11.8 Å². The lowest BCUT2D eigenvalue weighted by atomic mass is 10.1. The smallest absolute Gasteiger partial charge is 0.227 e. The summed E-state index contributed by atoms with van der Waals surface area (Å²) in [5.41, 5.74) is 7.78.